The fourth-order valence-electron chi connectivity index (χ4n) is 2.73. The Morgan fingerprint density at radius 3 is 2.47 bits per heavy atom. The maximum absolute atomic E-state index is 12.4. The first-order valence-corrected chi connectivity index (χ1v) is 10.1. The van der Waals surface area contributed by atoms with E-state index < -0.39 is 11.9 Å². The van der Waals surface area contributed by atoms with E-state index in [1.807, 2.05) is 6.92 Å². The van der Waals surface area contributed by atoms with Crippen LogP contribution in [0.1, 0.15) is 33.2 Å². The number of rotatable bonds is 8. The van der Waals surface area contributed by atoms with E-state index in [1.54, 1.807) is 66.7 Å². The summed E-state index contributed by atoms with van der Waals surface area (Å²) in [6.45, 7) is 2.43. The predicted octanol–water partition coefficient (Wildman–Crippen LogP) is 4.73. The van der Waals surface area contributed by atoms with Crippen LogP contribution in [0.5, 0.6) is 17.2 Å². The van der Waals surface area contributed by atoms with E-state index in [0.717, 1.165) is 0 Å². The first-order chi connectivity index (χ1) is 15.5. The number of carbonyl (C=O) groups is 2. The van der Waals surface area contributed by atoms with Crippen molar-refractivity contribution in [3.05, 3.63) is 88.4 Å². The highest BCUT2D eigenvalue weighted by atomic mass is 35.5. The Kier molecular flexibility index (Phi) is 7.83. The van der Waals surface area contributed by atoms with E-state index in [9.17, 15) is 9.59 Å². The van der Waals surface area contributed by atoms with Crippen LogP contribution in [-0.4, -0.2) is 31.8 Å². The van der Waals surface area contributed by atoms with Crippen LogP contribution in [0.25, 0.3) is 0 Å². The lowest BCUT2D eigenvalue weighted by atomic mass is 10.2. The minimum atomic E-state index is -0.528. The molecule has 0 radical (unpaired) electrons. The highest BCUT2D eigenvalue weighted by Gasteiger charge is 2.13. The fraction of sp³-hybridized carbons (Fsp3) is 0.125. The highest BCUT2D eigenvalue weighted by Crippen LogP contribution is 2.28. The van der Waals surface area contributed by atoms with Gasteiger partial charge in [-0.25, -0.2) is 10.2 Å². The van der Waals surface area contributed by atoms with Gasteiger partial charge in [0.15, 0.2) is 11.5 Å². The third-order valence-electron chi connectivity index (χ3n) is 4.29. The lowest BCUT2D eigenvalue weighted by molar-refractivity contribution is 0.0729. The Labute approximate surface area is 190 Å². The summed E-state index contributed by atoms with van der Waals surface area (Å²) in [5.41, 5.74) is 3.74. The van der Waals surface area contributed by atoms with Crippen LogP contribution in [0.3, 0.4) is 0 Å². The molecule has 0 spiro atoms. The number of esters is 1. The van der Waals surface area contributed by atoms with Gasteiger partial charge in [-0.3, -0.25) is 4.79 Å². The molecular weight excluding hydrogens is 432 g/mol. The van der Waals surface area contributed by atoms with E-state index in [2.05, 4.69) is 10.5 Å². The van der Waals surface area contributed by atoms with Gasteiger partial charge >= 0.3 is 5.97 Å². The Morgan fingerprint density at radius 2 is 1.78 bits per heavy atom. The first-order valence-electron chi connectivity index (χ1n) is 9.72. The molecule has 32 heavy (non-hydrogen) atoms. The average Bonchev–Trinajstić information content (AvgIpc) is 2.80. The van der Waals surface area contributed by atoms with Gasteiger partial charge in [0.05, 0.1) is 36.1 Å². The molecule has 3 rings (SSSR count). The second-order valence-electron chi connectivity index (χ2n) is 6.44. The summed E-state index contributed by atoms with van der Waals surface area (Å²) in [7, 11) is 1.46. The quantitative estimate of drug-likeness (QED) is 0.231. The fourth-order valence-corrected chi connectivity index (χ4v) is 2.95. The Balaban J connectivity index is 1.66. The number of nitrogens with one attached hydrogen (secondary N) is 1. The van der Waals surface area contributed by atoms with Crippen molar-refractivity contribution < 1.29 is 23.8 Å². The van der Waals surface area contributed by atoms with Crippen LogP contribution >= 0.6 is 11.6 Å². The number of halogens is 1. The molecule has 3 aromatic rings. The Bertz CT molecular complexity index is 1130. The zero-order chi connectivity index (χ0) is 22.9. The van der Waals surface area contributed by atoms with Crippen LogP contribution in [0.4, 0.5) is 0 Å². The molecule has 0 aliphatic heterocycles. The van der Waals surface area contributed by atoms with Crippen molar-refractivity contribution in [2.24, 2.45) is 5.10 Å². The second kappa shape index (κ2) is 11.0. The lowest BCUT2D eigenvalue weighted by Crippen LogP contribution is -2.17. The molecule has 0 fully saturated rings. The number of methoxy groups -OCH3 is 1. The minimum absolute atomic E-state index is 0.253. The molecule has 0 saturated heterocycles. The normalized spacial score (nSPS) is 10.6. The molecule has 1 N–H and O–H groups in total. The summed E-state index contributed by atoms with van der Waals surface area (Å²) in [5.74, 6) is 0.306. The lowest BCUT2D eigenvalue weighted by Gasteiger charge is -2.10. The van der Waals surface area contributed by atoms with Gasteiger partial charge in [0.25, 0.3) is 5.91 Å². The molecule has 1 amide bonds. The smallest absolute Gasteiger partial charge is 0.343 e. The SMILES string of the molecule is CCOc1ccc(C(=O)Oc2ccc(/C=N/NC(=O)c3ccccc3Cl)cc2OC)cc1. The monoisotopic (exact) mass is 452 g/mol. The number of benzene rings is 3. The number of hydrazone groups is 1. The van der Waals surface area contributed by atoms with Crippen molar-refractivity contribution in [3.63, 3.8) is 0 Å². The molecule has 8 heteroatoms. The van der Waals surface area contributed by atoms with Gasteiger partial charge in [-0.15, -0.1) is 0 Å². The molecule has 0 bridgehead atoms. The molecule has 0 heterocycles. The summed E-state index contributed by atoms with van der Waals surface area (Å²) >= 11 is 6.00. The number of nitrogens with zero attached hydrogens (tertiary/aromatic N) is 1. The number of amides is 1. The van der Waals surface area contributed by atoms with Crippen molar-refractivity contribution in [2.75, 3.05) is 13.7 Å². The van der Waals surface area contributed by atoms with Crippen LogP contribution < -0.4 is 19.6 Å². The maximum Gasteiger partial charge on any atom is 0.343 e. The van der Waals surface area contributed by atoms with Crippen LogP contribution in [0.15, 0.2) is 71.8 Å². The Hall–Kier alpha value is -3.84. The van der Waals surface area contributed by atoms with Crippen molar-refractivity contribution >= 4 is 29.7 Å². The minimum Gasteiger partial charge on any atom is -0.494 e. The van der Waals surface area contributed by atoms with Gasteiger partial charge in [0.2, 0.25) is 0 Å². The molecule has 0 atom stereocenters. The number of hydrogen-bond donors (Lipinski definition) is 1. The molecular formula is C24H21ClN2O5. The standard InChI is InChI=1S/C24H21ClN2O5/c1-3-31-18-11-9-17(10-12-18)24(29)32-21-13-8-16(14-22(21)30-2)15-26-27-23(28)19-6-4-5-7-20(19)25/h4-15H,3H2,1-2H3,(H,27,28)/b26-15+. The maximum atomic E-state index is 12.4. The van der Waals surface area contributed by atoms with Gasteiger partial charge in [0, 0.05) is 0 Å². The van der Waals surface area contributed by atoms with Gasteiger partial charge in [-0.05, 0) is 67.1 Å². The van der Waals surface area contributed by atoms with E-state index in [0.29, 0.717) is 39.8 Å². The van der Waals surface area contributed by atoms with E-state index >= 15 is 0 Å². The Morgan fingerprint density at radius 1 is 1.03 bits per heavy atom. The molecule has 0 aliphatic carbocycles. The molecule has 0 aliphatic rings. The van der Waals surface area contributed by atoms with Crippen molar-refractivity contribution in [2.45, 2.75) is 6.92 Å². The zero-order valence-corrected chi connectivity index (χ0v) is 18.3. The van der Waals surface area contributed by atoms with Crippen LogP contribution in [0, 0.1) is 0 Å². The van der Waals surface area contributed by atoms with Gasteiger partial charge in [-0.2, -0.15) is 5.10 Å². The zero-order valence-electron chi connectivity index (χ0n) is 17.5. The third kappa shape index (κ3) is 5.86. The largest absolute Gasteiger partial charge is 0.494 e. The second-order valence-corrected chi connectivity index (χ2v) is 6.84. The van der Waals surface area contributed by atoms with Crippen LogP contribution in [-0.2, 0) is 0 Å². The van der Waals surface area contributed by atoms with Crippen LogP contribution in [0.2, 0.25) is 5.02 Å². The van der Waals surface area contributed by atoms with E-state index in [4.69, 9.17) is 25.8 Å². The number of hydrogen-bond acceptors (Lipinski definition) is 6. The van der Waals surface area contributed by atoms with Crippen molar-refractivity contribution in [3.8, 4) is 17.2 Å². The summed E-state index contributed by atoms with van der Waals surface area (Å²) < 4.78 is 16.1. The molecule has 7 nitrogen and oxygen atoms in total. The molecule has 3 aromatic carbocycles. The molecule has 0 aromatic heterocycles. The van der Waals surface area contributed by atoms with Crippen molar-refractivity contribution in [1.29, 1.82) is 0 Å². The van der Waals surface area contributed by atoms with Gasteiger partial charge < -0.3 is 14.2 Å². The average molecular weight is 453 g/mol. The molecule has 0 saturated carbocycles. The van der Waals surface area contributed by atoms with Gasteiger partial charge in [0.1, 0.15) is 5.75 Å². The number of ether oxygens (including phenoxy) is 3. The third-order valence-corrected chi connectivity index (χ3v) is 4.62. The van der Waals surface area contributed by atoms with Gasteiger partial charge in [-0.1, -0.05) is 23.7 Å². The topological polar surface area (TPSA) is 86.2 Å². The summed E-state index contributed by atoms with van der Waals surface area (Å²) in [6, 6.07) is 18.2. The highest BCUT2D eigenvalue weighted by molar-refractivity contribution is 6.33. The number of carbonyl (C=O) groups excluding carboxylic acids is 2. The molecule has 164 valence electrons. The van der Waals surface area contributed by atoms with E-state index in [1.165, 1.54) is 13.3 Å². The van der Waals surface area contributed by atoms with E-state index in [-0.39, 0.29) is 5.75 Å². The summed E-state index contributed by atoms with van der Waals surface area (Å²) in [6.07, 6.45) is 1.44. The summed E-state index contributed by atoms with van der Waals surface area (Å²) in [4.78, 5) is 24.6. The predicted molar refractivity (Wildman–Crippen MR) is 122 cm³/mol. The summed E-state index contributed by atoms with van der Waals surface area (Å²) in [5, 5.41) is 4.27. The van der Waals surface area contributed by atoms with Crippen molar-refractivity contribution in [1.82, 2.24) is 5.43 Å². The first kappa shape index (κ1) is 22.8. The molecule has 0 unspecified atom stereocenters.